The van der Waals surface area contributed by atoms with Crippen molar-refractivity contribution in [3.05, 3.63) is 62.5 Å². The van der Waals surface area contributed by atoms with E-state index in [1.807, 2.05) is 30.3 Å². The van der Waals surface area contributed by atoms with Gasteiger partial charge in [0, 0.05) is 31.9 Å². The summed E-state index contributed by atoms with van der Waals surface area (Å²) in [6, 6.07) is 9.61. The van der Waals surface area contributed by atoms with Gasteiger partial charge in [0.25, 0.3) is 11.5 Å². The minimum absolute atomic E-state index is 0.161. The first-order valence-corrected chi connectivity index (χ1v) is 10.0. The molecule has 0 unspecified atom stereocenters. The van der Waals surface area contributed by atoms with Gasteiger partial charge in [-0.15, -0.1) is 0 Å². The Hall–Kier alpha value is -2.27. The number of hydrogen-bond acceptors (Lipinski definition) is 3. The van der Waals surface area contributed by atoms with Gasteiger partial charge in [-0.2, -0.15) is 0 Å². The Balaban J connectivity index is 1.52. The molecule has 27 heavy (non-hydrogen) atoms. The molecule has 1 fully saturated rings. The summed E-state index contributed by atoms with van der Waals surface area (Å²) < 4.78 is 0. The molecule has 2 heterocycles. The first-order valence-electron chi connectivity index (χ1n) is 9.67. The van der Waals surface area contributed by atoms with Crippen molar-refractivity contribution in [2.24, 2.45) is 0 Å². The predicted molar refractivity (Wildman–Crippen MR) is 108 cm³/mol. The molecule has 0 bridgehead atoms. The van der Waals surface area contributed by atoms with E-state index >= 15 is 0 Å². The number of carbonyl (C=O) groups excluding carboxylic acids is 1. The van der Waals surface area contributed by atoms with Gasteiger partial charge in [-0.05, 0) is 55.9 Å². The molecule has 0 saturated carbocycles. The zero-order chi connectivity index (χ0) is 18.8. The van der Waals surface area contributed by atoms with Gasteiger partial charge in [-0.1, -0.05) is 23.7 Å². The van der Waals surface area contributed by atoms with E-state index in [-0.39, 0.29) is 17.0 Å². The van der Waals surface area contributed by atoms with Crippen LogP contribution in [0.15, 0.2) is 35.1 Å². The second-order valence-corrected chi connectivity index (χ2v) is 7.71. The average molecular weight is 386 g/mol. The van der Waals surface area contributed by atoms with Crippen molar-refractivity contribution in [1.82, 2.24) is 9.88 Å². The van der Waals surface area contributed by atoms with Gasteiger partial charge in [0.15, 0.2) is 0 Å². The maximum Gasteiger partial charge on any atom is 0.261 e. The molecule has 1 amide bonds. The SMILES string of the molecule is O=C(c1cc2c([nH]c1=O)CCCC2)N1CCCN(c2ccccc2Cl)CC1. The summed E-state index contributed by atoms with van der Waals surface area (Å²) in [7, 11) is 0. The van der Waals surface area contributed by atoms with Crippen LogP contribution in [0.4, 0.5) is 5.69 Å². The lowest BCUT2D eigenvalue weighted by Gasteiger charge is -2.24. The summed E-state index contributed by atoms with van der Waals surface area (Å²) in [5.74, 6) is -0.161. The lowest BCUT2D eigenvalue weighted by Crippen LogP contribution is -2.38. The van der Waals surface area contributed by atoms with Crippen LogP contribution in [0.5, 0.6) is 0 Å². The monoisotopic (exact) mass is 385 g/mol. The lowest BCUT2D eigenvalue weighted by atomic mass is 9.95. The molecule has 2 aromatic rings. The zero-order valence-corrected chi connectivity index (χ0v) is 16.1. The van der Waals surface area contributed by atoms with Crippen LogP contribution in [-0.2, 0) is 12.8 Å². The largest absolute Gasteiger partial charge is 0.368 e. The van der Waals surface area contributed by atoms with Crippen LogP contribution in [-0.4, -0.2) is 42.0 Å². The molecule has 1 aliphatic heterocycles. The van der Waals surface area contributed by atoms with Crippen LogP contribution in [0, 0.1) is 0 Å². The number of H-pyrrole nitrogens is 1. The summed E-state index contributed by atoms with van der Waals surface area (Å²) in [5.41, 5.74) is 3.15. The molecule has 1 aromatic heterocycles. The summed E-state index contributed by atoms with van der Waals surface area (Å²) in [4.78, 5) is 32.5. The smallest absolute Gasteiger partial charge is 0.261 e. The maximum atomic E-state index is 13.0. The Morgan fingerprint density at radius 1 is 1.00 bits per heavy atom. The number of anilines is 1. The topological polar surface area (TPSA) is 56.4 Å². The van der Waals surface area contributed by atoms with Gasteiger partial charge in [0.2, 0.25) is 0 Å². The predicted octanol–water partition coefficient (Wildman–Crippen LogP) is 3.26. The van der Waals surface area contributed by atoms with Gasteiger partial charge < -0.3 is 14.8 Å². The number of benzene rings is 1. The van der Waals surface area contributed by atoms with E-state index in [0.717, 1.165) is 60.6 Å². The lowest BCUT2D eigenvalue weighted by molar-refractivity contribution is 0.0765. The number of hydrogen-bond donors (Lipinski definition) is 1. The molecule has 142 valence electrons. The van der Waals surface area contributed by atoms with Crippen molar-refractivity contribution in [2.75, 3.05) is 31.1 Å². The van der Waals surface area contributed by atoms with Gasteiger partial charge >= 0.3 is 0 Å². The highest BCUT2D eigenvalue weighted by molar-refractivity contribution is 6.33. The van der Waals surface area contributed by atoms with Crippen molar-refractivity contribution >= 4 is 23.2 Å². The third-order valence-corrected chi connectivity index (χ3v) is 5.86. The molecular formula is C21H24ClN3O2. The number of nitrogens with one attached hydrogen (secondary N) is 1. The van der Waals surface area contributed by atoms with Crippen LogP contribution in [0.1, 0.15) is 40.9 Å². The molecule has 5 nitrogen and oxygen atoms in total. The fourth-order valence-electron chi connectivity index (χ4n) is 4.07. The number of pyridine rings is 1. The van der Waals surface area contributed by atoms with Crippen LogP contribution >= 0.6 is 11.6 Å². The second-order valence-electron chi connectivity index (χ2n) is 7.31. The van der Waals surface area contributed by atoms with Crippen molar-refractivity contribution in [3.63, 3.8) is 0 Å². The summed E-state index contributed by atoms with van der Waals surface area (Å²) >= 11 is 6.33. The quantitative estimate of drug-likeness (QED) is 0.863. The van der Waals surface area contributed by atoms with Crippen molar-refractivity contribution in [2.45, 2.75) is 32.1 Å². The molecule has 1 N–H and O–H groups in total. The maximum absolute atomic E-state index is 13.0. The number of carbonyl (C=O) groups is 1. The Morgan fingerprint density at radius 3 is 2.67 bits per heavy atom. The Bertz CT molecular complexity index is 909. The standard InChI is InChI=1S/C21H24ClN3O2/c22-17-7-2-4-9-19(17)24-10-5-11-25(13-12-24)21(27)16-14-15-6-1-3-8-18(15)23-20(16)26/h2,4,7,9,14H,1,3,5-6,8,10-13H2,(H,23,26). The van der Waals surface area contributed by atoms with Crippen LogP contribution in [0.25, 0.3) is 0 Å². The summed E-state index contributed by atoms with van der Waals surface area (Å²) in [6.07, 6.45) is 4.89. The number of fused-ring (bicyclic) bond motifs is 1. The molecule has 0 atom stereocenters. The second kappa shape index (κ2) is 7.77. The average Bonchev–Trinajstić information content (AvgIpc) is 2.93. The fraction of sp³-hybridized carbons (Fsp3) is 0.429. The number of rotatable bonds is 2. The van der Waals surface area contributed by atoms with E-state index < -0.39 is 0 Å². The van der Waals surface area contributed by atoms with Crippen LogP contribution < -0.4 is 10.5 Å². The van der Waals surface area contributed by atoms with Gasteiger partial charge in [-0.3, -0.25) is 9.59 Å². The van der Waals surface area contributed by atoms with E-state index in [9.17, 15) is 9.59 Å². The number of nitrogens with zero attached hydrogens (tertiary/aromatic N) is 2. The number of aromatic amines is 1. The Labute approximate surface area is 163 Å². The molecular weight excluding hydrogens is 362 g/mol. The molecule has 0 radical (unpaired) electrons. The Kier molecular flexibility index (Phi) is 5.21. The fourth-order valence-corrected chi connectivity index (χ4v) is 4.33. The normalized spacial score (nSPS) is 17.4. The third-order valence-electron chi connectivity index (χ3n) is 5.54. The first kappa shape index (κ1) is 18.1. The van der Waals surface area contributed by atoms with E-state index in [1.165, 1.54) is 0 Å². The van der Waals surface area contributed by atoms with E-state index in [0.29, 0.717) is 19.6 Å². The first-order chi connectivity index (χ1) is 13.1. The highest BCUT2D eigenvalue weighted by Crippen LogP contribution is 2.26. The molecule has 1 aromatic carbocycles. The zero-order valence-electron chi connectivity index (χ0n) is 15.3. The van der Waals surface area contributed by atoms with Crippen molar-refractivity contribution in [3.8, 4) is 0 Å². The van der Waals surface area contributed by atoms with Gasteiger partial charge in [0.1, 0.15) is 5.56 Å². The van der Waals surface area contributed by atoms with Gasteiger partial charge in [0.05, 0.1) is 10.7 Å². The van der Waals surface area contributed by atoms with E-state index in [2.05, 4.69) is 9.88 Å². The van der Waals surface area contributed by atoms with Gasteiger partial charge in [-0.25, -0.2) is 0 Å². The molecule has 0 spiro atoms. The van der Waals surface area contributed by atoms with Crippen molar-refractivity contribution in [1.29, 1.82) is 0 Å². The number of para-hydroxylation sites is 1. The number of aromatic nitrogens is 1. The molecule has 1 aliphatic carbocycles. The molecule has 4 rings (SSSR count). The molecule has 6 heteroatoms. The number of aryl methyl sites for hydroxylation is 2. The minimum Gasteiger partial charge on any atom is -0.368 e. The Morgan fingerprint density at radius 2 is 1.81 bits per heavy atom. The summed E-state index contributed by atoms with van der Waals surface area (Å²) in [6.45, 7) is 2.78. The summed E-state index contributed by atoms with van der Waals surface area (Å²) in [5, 5.41) is 0.725. The van der Waals surface area contributed by atoms with E-state index in [1.54, 1.807) is 4.90 Å². The third kappa shape index (κ3) is 3.74. The highest BCUT2D eigenvalue weighted by Gasteiger charge is 2.24. The highest BCUT2D eigenvalue weighted by atomic mass is 35.5. The number of halogens is 1. The number of amides is 1. The minimum atomic E-state index is -0.257. The van der Waals surface area contributed by atoms with Crippen molar-refractivity contribution < 1.29 is 4.79 Å². The molecule has 1 saturated heterocycles. The van der Waals surface area contributed by atoms with E-state index in [4.69, 9.17) is 11.6 Å². The van der Waals surface area contributed by atoms with Crippen LogP contribution in [0.2, 0.25) is 5.02 Å². The molecule has 2 aliphatic rings. The van der Waals surface area contributed by atoms with Crippen LogP contribution in [0.3, 0.4) is 0 Å².